The molecule has 12 nitrogen and oxygen atoms in total. The lowest BCUT2D eigenvalue weighted by Gasteiger charge is -2.33. The molecular formula is C28H33FN3O9P. The van der Waals surface area contributed by atoms with E-state index in [1.165, 1.54) is 10.6 Å². The Bertz CT molecular complexity index is 1500. The number of rotatable bonds is 13. The Morgan fingerprint density at radius 3 is 2.50 bits per heavy atom. The second kappa shape index (κ2) is 13.7. The molecule has 14 heteroatoms. The normalized spacial score (nSPS) is 14.3. The fourth-order valence-corrected chi connectivity index (χ4v) is 6.16. The first-order chi connectivity index (χ1) is 20.1. The van der Waals surface area contributed by atoms with Gasteiger partial charge in [-0.2, -0.15) is 0 Å². The third-order valence-corrected chi connectivity index (χ3v) is 8.42. The molecule has 0 spiro atoms. The monoisotopic (exact) mass is 605 g/mol. The Labute approximate surface area is 241 Å². The maximum Gasteiger partial charge on any atom is 0.361 e. The third-order valence-electron chi connectivity index (χ3n) is 6.37. The van der Waals surface area contributed by atoms with Crippen LogP contribution in [0.15, 0.2) is 53.3 Å². The fourth-order valence-electron chi connectivity index (χ4n) is 4.37. The number of aliphatic hydroxyl groups excluding tert-OH is 2. The van der Waals surface area contributed by atoms with Crippen molar-refractivity contribution in [2.75, 3.05) is 33.0 Å². The number of nitrogens with zero attached hydrogens (tertiary/aromatic N) is 2. The molecule has 0 saturated carbocycles. The Morgan fingerprint density at radius 2 is 1.83 bits per heavy atom. The highest BCUT2D eigenvalue weighted by atomic mass is 31.2. The van der Waals surface area contributed by atoms with Crippen molar-refractivity contribution in [2.45, 2.75) is 39.1 Å². The first kappa shape index (κ1) is 31.5. The van der Waals surface area contributed by atoms with Crippen LogP contribution in [0.5, 0.6) is 5.75 Å². The second-order valence-corrected chi connectivity index (χ2v) is 11.8. The molecule has 1 amide bonds. The van der Waals surface area contributed by atoms with Gasteiger partial charge in [0.1, 0.15) is 23.8 Å². The van der Waals surface area contributed by atoms with Crippen molar-refractivity contribution in [1.82, 2.24) is 14.9 Å². The Balaban J connectivity index is 1.68. The zero-order chi connectivity index (χ0) is 30.3. The maximum absolute atomic E-state index is 14.2. The number of benzene rings is 2. The van der Waals surface area contributed by atoms with Crippen molar-refractivity contribution in [3.05, 3.63) is 87.3 Å². The van der Waals surface area contributed by atoms with Gasteiger partial charge >= 0.3 is 7.60 Å². The van der Waals surface area contributed by atoms with Crippen LogP contribution in [-0.4, -0.2) is 58.7 Å². The average molecular weight is 606 g/mol. The molecule has 0 fully saturated rings. The van der Waals surface area contributed by atoms with Gasteiger partial charge < -0.3 is 34.1 Å². The molecule has 0 atom stereocenters. The van der Waals surface area contributed by atoms with Crippen LogP contribution in [0.1, 0.15) is 41.3 Å². The van der Waals surface area contributed by atoms with E-state index in [4.69, 9.17) is 18.5 Å². The summed E-state index contributed by atoms with van der Waals surface area (Å²) in [6.07, 6.45) is 0. The summed E-state index contributed by atoms with van der Waals surface area (Å²) in [5.74, 6) is -1.53. The number of ether oxygens (including phenoxy) is 2. The van der Waals surface area contributed by atoms with Gasteiger partial charge in [0, 0.05) is 6.54 Å². The number of aliphatic hydroxyl groups is 2. The molecule has 0 bridgehead atoms. The number of carbonyl (C=O) groups is 1. The summed E-state index contributed by atoms with van der Waals surface area (Å²) in [4.78, 5) is 31.6. The maximum atomic E-state index is 14.2. The summed E-state index contributed by atoms with van der Waals surface area (Å²) in [6, 6.07) is 12.4. The number of nitrogens with one attached hydrogen (secondary N) is 1. The van der Waals surface area contributed by atoms with Crippen molar-refractivity contribution >= 4 is 18.8 Å². The summed E-state index contributed by atoms with van der Waals surface area (Å²) in [5, 5.41) is 20.8. The lowest BCUT2D eigenvalue weighted by Crippen LogP contribution is -2.43. The lowest BCUT2D eigenvalue weighted by atomic mass is 10.1. The van der Waals surface area contributed by atoms with Crippen LogP contribution in [0.4, 0.5) is 4.39 Å². The lowest BCUT2D eigenvalue weighted by molar-refractivity contribution is -0.0567. The minimum atomic E-state index is -4.22. The van der Waals surface area contributed by atoms with E-state index in [1.807, 2.05) is 30.3 Å². The SMILES string of the molecule is CC1(C)OCCn2c1nc(C(=O)NCc1ccc(F)cc1P(=O)(OCCO)OCCO)c(OCc1ccccc1)c2=O. The highest BCUT2D eigenvalue weighted by molar-refractivity contribution is 7.62. The number of carbonyl (C=O) groups excluding carboxylic acids is 1. The number of amides is 1. The van der Waals surface area contributed by atoms with Crippen LogP contribution in [0.3, 0.4) is 0 Å². The largest absolute Gasteiger partial charge is 0.481 e. The zero-order valence-electron chi connectivity index (χ0n) is 23.2. The standard InChI is InChI=1S/C28H33FN3O9P/c1-28(2)27-31-23(24(26(36)32(27)10-13-39-28)38-18-19-6-4-3-5-7-19)25(35)30-17-20-8-9-21(29)16-22(20)42(37,40-14-11-33)41-15-12-34/h3-9,16,33-34H,10-15,17-18H2,1-2H3,(H,30,35). The van der Waals surface area contributed by atoms with Gasteiger partial charge in [0.05, 0.1) is 44.9 Å². The first-order valence-corrected chi connectivity index (χ1v) is 14.8. The highest BCUT2D eigenvalue weighted by Gasteiger charge is 2.35. The summed E-state index contributed by atoms with van der Waals surface area (Å²) in [6.45, 7) is 1.95. The zero-order valence-corrected chi connectivity index (χ0v) is 24.1. The molecule has 2 heterocycles. The van der Waals surface area contributed by atoms with Gasteiger partial charge in [0.2, 0.25) is 5.75 Å². The number of hydrogen-bond acceptors (Lipinski definition) is 10. The Kier molecular flexibility index (Phi) is 10.3. The molecular weight excluding hydrogens is 572 g/mol. The molecule has 1 aliphatic rings. The quantitative estimate of drug-likeness (QED) is 0.246. The van der Waals surface area contributed by atoms with Crippen LogP contribution in [0.2, 0.25) is 0 Å². The van der Waals surface area contributed by atoms with Crippen LogP contribution in [-0.2, 0) is 43.6 Å². The molecule has 3 aromatic rings. The van der Waals surface area contributed by atoms with Gasteiger partial charge in [-0.3, -0.25) is 18.7 Å². The first-order valence-electron chi connectivity index (χ1n) is 13.2. The minimum absolute atomic E-state index is 0.00691. The van der Waals surface area contributed by atoms with Crippen molar-refractivity contribution in [3.8, 4) is 5.75 Å². The molecule has 226 valence electrons. The van der Waals surface area contributed by atoms with Gasteiger partial charge in [-0.1, -0.05) is 36.4 Å². The van der Waals surface area contributed by atoms with Gasteiger partial charge in [0.15, 0.2) is 5.69 Å². The van der Waals surface area contributed by atoms with E-state index >= 15 is 0 Å². The molecule has 0 saturated heterocycles. The third kappa shape index (κ3) is 7.12. The van der Waals surface area contributed by atoms with E-state index in [2.05, 4.69) is 10.3 Å². The van der Waals surface area contributed by atoms with Gasteiger partial charge in [-0.05, 0) is 37.1 Å². The average Bonchev–Trinajstić information content (AvgIpc) is 2.98. The molecule has 1 aliphatic heterocycles. The topological polar surface area (TPSA) is 158 Å². The predicted octanol–water partition coefficient (Wildman–Crippen LogP) is 1.99. The van der Waals surface area contributed by atoms with E-state index in [-0.39, 0.29) is 67.7 Å². The molecule has 4 rings (SSSR count). The fraction of sp³-hybridized carbons (Fsp3) is 0.393. The van der Waals surface area contributed by atoms with E-state index in [0.717, 1.165) is 17.7 Å². The van der Waals surface area contributed by atoms with E-state index in [1.54, 1.807) is 13.8 Å². The summed E-state index contributed by atoms with van der Waals surface area (Å²) < 4.78 is 51.4. The number of fused-ring (bicyclic) bond motifs is 1. The molecule has 0 unspecified atom stereocenters. The van der Waals surface area contributed by atoms with E-state index in [0.29, 0.717) is 0 Å². The van der Waals surface area contributed by atoms with Gasteiger partial charge in [0.25, 0.3) is 11.5 Å². The van der Waals surface area contributed by atoms with Gasteiger partial charge in [-0.25, -0.2) is 9.37 Å². The molecule has 0 radical (unpaired) electrons. The van der Waals surface area contributed by atoms with Crippen molar-refractivity contribution in [2.24, 2.45) is 0 Å². The second-order valence-electron chi connectivity index (χ2n) is 9.77. The summed E-state index contributed by atoms with van der Waals surface area (Å²) in [5.41, 5.74) is -0.837. The predicted molar refractivity (Wildman–Crippen MR) is 149 cm³/mol. The Hall–Kier alpha value is -3.45. The number of halogens is 1. The molecule has 2 aromatic carbocycles. The van der Waals surface area contributed by atoms with Crippen LogP contribution in [0.25, 0.3) is 0 Å². The number of aromatic nitrogens is 2. The van der Waals surface area contributed by atoms with Crippen LogP contribution >= 0.6 is 7.60 Å². The highest BCUT2D eigenvalue weighted by Crippen LogP contribution is 2.47. The van der Waals surface area contributed by atoms with Crippen molar-refractivity contribution < 1.29 is 42.5 Å². The smallest absolute Gasteiger partial charge is 0.361 e. The van der Waals surface area contributed by atoms with Crippen molar-refractivity contribution in [3.63, 3.8) is 0 Å². The summed E-state index contributed by atoms with van der Waals surface area (Å²) in [7, 11) is -4.22. The van der Waals surface area contributed by atoms with Gasteiger partial charge in [-0.15, -0.1) is 0 Å². The minimum Gasteiger partial charge on any atom is -0.481 e. The van der Waals surface area contributed by atoms with Crippen molar-refractivity contribution in [1.29, 1.82) is 0 Å². The Morgan fingerprint density at radius 1 is 1.14 bits per heavy atom. The molecule has 42 heavy (non-hydrogen) atoms. The van der Waals surface area contributed by atoms with E-state index in [9.17, 15) is 28.8 Å². The molecule has 3 N–H and O–H groups in total. The molecule has 1 aromatic heterocycles. The summed E-state index contributed by atoms with van der Waals surface area (Å²) >= 11 is 0. The number of hydrogen-bond donors (Lipinski definition) is 3. The van der Waals surface area contributed by atoms with E-state index < -0.39 is 43.7 Å². The molecule has 0 aliphatic carbocycles. The van der Waals surface area contributed by atoms with Crippen LogP contribution in [0, 0.1) is 5.82 Å². The van der Waals surface area contributed by atoms with Crippen LogP contribution < -0.4 is 20.9 Å².